The normalized spacial score (nSPS) is 46.1. The lowest BCUT2D eigenvalue weighted by Crippen LogP contribution is -2.67. The molecule has 3 fully saturated rings. The summed E-state index contributed by atoms with van der Waals surface area (Å²) in [4.78, 5) is 9.19. The van der Waals surface area contributed by atoms with Crippen molar-refractivity contribution in [1.82, 2.24) is 9.80 Å². The van der Waals surface area contributed by atoms with Crippen molar-refractivity contribution in [3.05, 3.63) is 0 Å². The number of hydrogen-bond acceptors (Lipinski definition) is 4. The quantitative estimate of drug-likeness (QED) is 0.576. The zero-order valence-electron chi connectivity index (χ0n) is 8.74. The first-order chi connectivity index (χ1) is 6.72. The van der Waals surface area contributed by atoms with Crippen LogP contribution >= 0.6 is 0 Å². The van der Waals surface area contributed by atoms with Crippen molar-refractivity contribution in [2.75, 3.05) is 33.2 Å². The lowest BCUT2D eigenvalue weighted by molar-refractivity contribution is -0.0202. The maximum Gasteiger partial charge on any atom is 0.191 e. The lowest BCUT2D eigenvalue weighted by Gasteiger charge is -2.54. The molecule has 0 radical (unpaired) electrons. The zero-order valence-corrected chi connectivity index (χ0v) is 8.74. The summed E-state index contributed by atoms with van der Waals surface area (Å²) >= 11 is 0. The minimum atomic E-state index is 0.251. The van der Waals surface area contributed by atoms with Gasteiger partial charge in [0.15, 0.2) is 5.96 Å². The minimum absolute atomic E-state index is 0.251. The van der Waals surface area contributed by atoms with Gasteiger partial charge in [-0.15, -0.1) is 0 Å². The first-order valence-electron chi connectivity index (χ1n) is 5.48. The largest absolute Gasteiger partial charge is 0.370 e. The van der Waals surface area contributed by atoms with Crippen molar-refractivity contribution in [3.63, 3.8) is 0 Å². The predicted molar refractivity (Wildman–Crippen MR) is 56.1 cm³/mol. The van der Waals surface area contributed by atoms with E-state index < -0.39 is 0 Å². The molecule has 2 N–H and O–H groups in total. The molecule has 1 unspecified atom stereocenters. The monoisotopic (exact) mass is 194 g/mol. The second kappa shape index (κ2) is 2.63. The van der Waals surface area contributed by atoms with E-state index in [-0.39, 0.29) is 5.54 Å². The second-order valence-electron chi connectivity index (χ2n) is 4.89. The van der Waals surface area contributed by atoms with Crippen molar-refractivity contribution in [1.29, 1.82) is 0 Å². The SMILES string of the molecule is CN1C(N)=NCC12CN1CCC2CC1. The highest BCUT2D eigenvalue weighted by Crippen LogP contribution is 2.41. The summed E-state index contributed by atoms with van der Waals surface area (Å²) in [7, 11) is 2.10. The Hall–Kier alpha value is -0.770. The number of fused-ring (bicyclic) bond motifs is 2. The van der Waals surface area contributed by atoms with Gasteiger partial charge in [-0.05, 0) is 31.8 Å². The first-order valence-corrected chi connectivity index (χ1v) is 5.48. The molecule has 2 bridgehead atoms. The van der Waals surface area contributed by atoms with E-state index in [1.165, 1.54) is 32.5 Å². The van der Waals surface area contributed by atoms with Gasteiger partial charge in [-0.1, -0.05) is 0 Å². The van der Waals surface area contributed by atoms with E-state index in [2.05, 4.69) is 21.8 Å². The Balaban J connectivity index is 1.91. The van der Waals surface area contributed by atoms with E-state index in [0.29, 0.717) is 0 Å². The number of piperidine rings is 3. The molecule has 0 amide bonds. The number of hydrogen-bond donors (Lipinski definition) is 1. The highest BCUT2D eigenvalue weighted by Gasteiger charge is 2.52. The molecule has 0 saturated carbocycles. The Morgan fingerprint density at radius 1 is 1.43 bits per heavy atom. The van der Waals surface area contributed by atoms with Crippen LogP contribution in [0.3, 0.4) is 0 Å². The highest BCUT2D eigenvalue weighted by atomic mass is 15.4. The Kier molecular flexibility index (Phi) is 1.60. The predicted octanol–water partition coefficient (Wildman–Crippen LogP) is -0.289. The van der Waals surface area contributed by atoms with E-state index in [9.17, 15) is 0 Å². The zero-order chi connectivity index (χ0) is 9.76. The molecule has 0 aromatic rings. The van der Waals surface area contributed by atoms with Crippen LogP contribution in [-0.2, 0) is 0 Å². The third-order valence-corrected chi connectivity index (χ3v) is 4.37. The Bertz CT molecular complexity index is 280. The Labute approximate surface area is 84.8 Å². The maximum absolute atomic E-state index is 5.87. The third-order valence-electron chi connectivity index (χ3n) is 4.37. The summed E-state index contributed by atoms with van der Waals surface area (Å²) < 4.78 is 0. The Morgan fingerprint density at radius 2 is 2.14 bits per heavy atom. The molecule has 4 nitrogen and oxygen atoms in total. The molecule has 0 aromatic heterocycles. The van der Waals surface area contributed by atoms with Gasteiger partial charge in [0.2, 0.25) is 0 Å². The topological polar surface area (TPSA) is 44.9 Å². The van der Waals surface area contributed by atoms with Crippen LogP contribution in [0.4, 0.5) is 0 Å². The molecule has 1 atom stereocenters. The van der Waals surface area contributed by atoms with Crippen LogP contribution < -0.4 is 5.73 Å². The number of nitrogens with zero attached hydrogens (tertiary/aromatic N) is 3. The fourth-order valence-corrected chi connectivity index (χ4v) is 3.36. The van der Waals surface area contributed by atoms with Gasteiger partial charge in [0.25, 0.3) is 0 Å². The van der Waals surface area contributed by atoms with Gasteiger partial charge in [0.05, 0.1) is 12.1 Å². The van der Waals surface area contributed by atoms with Crippen molar-refractivity contribution in [3.8, 4) is 0 Å². The average molecular weight is 194 g/mol. The van der Waals surface area contributed by atoms with E-state index in [0.717, 1.165) is 18.4 Å². The van der Waals surface area contributed by atoms with Crippen LogP contribution in [0, 0.1) is 5.92 Å². The summed E-state index contributed by atoms with van der Waals surface area (Å²) in [6, 6.07) is 0. The summed E-state index contributed by atoms with van der Waals surface area (Å²) in [6.07, 6.45) is 2.65. The molecule has 4 heteroatoms. The fraction of sp³-hybridized carbons (Fsp3) is 0.900. The smallest absolute Gasteiger partial charge is 0.191 e. The van der Waals surface area contributed by atoms with Crippen molar-refractivity contribution in [2.45, 2.75) is 18.4 Å². The molecule has 1 spiro atoms. The van der Waals surface area contributed by atoms with Crippen LogP contribution in [0.1, 0.15) is 12.8 Å². The molecule has 0 aliphatic carbocycles. The summed E-state index contributed by atoms with van der Waals surface area (Å²) in [5, 5.41) is 0. The number of nitrogens with two attached hydrogens (primary N) is 1. The molecule has 4 heterocycles. The summed E-state index contributed by atoms with van der Waals surface area (Å²) in [5.74, 6) is 1.54. The third kappa shape index (κ3) is 0.895. The van der Waals surface area contributed by atoms with Crippen molar-refractivity contribution in [2.24, 2.45) is 16.6 Å². The maximum atomic E-state index is 5.87. The van der Waals surface area contributed by atoms with E-state index in [4.69, 9.17) is 5.73 Å². The van der Waals surface area contributed by atoms with E-state index in [1.807, 2.05) is 0 Å². The average Bonchev–Trinajstić information content (AvgIpc) is 2.50. The number of likely N-dealkylation sites (N-methyl/N-ethyl adjacent to an activating group) is 1. The van der Waals surface area contributed by atoms with Gasteiger partial charge in [0.1, 0.15) is 0 Å². The number of aliphatic imine (C=N–C) groups is 1. The van der Waals surface area contributed by atoms with Crippen LogP contribution in [0.5, 0.6) is 0 Å². The molecule has 0 aromatic carbocycles. The lowest BCUT2D eigenvalue weighted by atomic mass is 9.72. The summed E-state index contributed by atoms with van der Waals surface area (Å²) in [5.41, 5.74) is 6.12. The van der Waals surface area contributed by atoms with Crippen LogP contribution in [0.2, 0.25) is 0 Å². The molecule has 4 aliphatic heterocycles. The van der Waals surface area contributed by atoms with Gasteiger partial charge in [-0.3, -0.25) is 4.99 Å². The molecular weight excluding hydrogens is 176 g/mol. The van der Waals surface area contributed by atoms with Crippen LogP contribution in [0.25, 0.3) is 0 Å². The standard InChI is InChI=1S/C10H18N4/c1-13-9(11)12-6-10(13)7-14-4-2-8(10)3-5-14/h8H,2-7H2,1H3,(H2,11,12). The van der Waals surface area contributed by atoms with E-state index in [1.54, 1.807) is 0 Å². The fourth-order valence-electron chi connectivity index (χ4n) is 3.36. The molecule has 14 heavy (non-hydrogen) atoms. The first kappa shape index (κ1) is 8.53. The van der Waals surface area contributed by atoms with Gasteiger partial charge in [0, 0.05) is 13.6 Å². The minimum Gasteiger partial charge on any atom is -0.370 e. The molecule has 4 rings (SSSR count). The molecule has 3 saturated heterocycles. The summed E-state index contributed by atoms with van der Waals surface area (Å²) in [6.45, 7) is 4.63. The van der Waals surface area contributed by atoms with Gasteiger partial charge in [-0.25, -0.2) is 0 Å². The van der Waals surface area contributed by atoms with E-state index >= 15 is 0 Å². The van der Waals surface area contributed by atoms with Crippen LogP contribution in [-0.4, -0.2) is 54.5 Å². The second-order valence-corrected chi connectivity index (χ2v) is 4.89. The number of guanidine groups is 1. The molecule has 78 valence electrons. The van der Waals surface area contributed by atoms with Crippen molar-refractivity contribution >= 4 is 5.96 Å². The number of rotatable bonds is 0. The van der Waals surface area contributed by atoms with Crippen molar-refractivity contribution < 1.29 is 0 Å². The van der Waals surface area contributed by atoms with Gasteiger partial charge in [-0.2, -0.15) is 0 Å². The van der Waals surface area contributed by atoms with Gasteiger partial charge < -0.3 is 15.5 Å². The molecular formula is C10H18N4. The van der Waals surface area contributed by atoms with Crippen LogP contribution in [0.15, 0.2) is 4.99 Å². The highest BCUT2D eigenvalue weighted by molar-refractivity contribution is 5.80. The molecule has 4 aliphatic rings. The Morgan fingerprint density at radius 3 is 2.57 bits per heavy atom. The van der Waals surface area contributed by atoms with Gasteiger partial charge >= 0.3 is 0 Å².